The third kappa shape index (κ3) is 9.15. The Kier molecular flexibility index (Phi) is 11.1. The molecule has 0 aromatic carbocycles. The van der Waals surface area contributed by atoms with Gasteiger partial charge in [0, 0.05) is 24.7 Å². The topological polar surface area (TPSA) is 243 Å². The van der Waals surface area contributed by atoms with Crippen LogP contribution in [0.1, 0.15) is 39.3 Å². The van der Waals surface area contributed by atoms with Gasteiger partial charge in [-0.15, -0.1) is 0 Å². The van der Waals surface area contributed by atoms with Crippen molar-refractivity contribution >= 4 is 29.6 Å². The SMILES string of the molecule is CC(C)C(N)C(=O)NC(C(=O)NC(CCC(N)=O)C(=O)NC(Cc1cnc[nH]1)C(=O)O)C(C)O. The number of H-pyrrole nitrogens is 1. The number of hydrogen-bond donors (Lipinski definition) is 8. The third-order valence-electron chi connectivity index (χ3n) is 4.99. The summed E-state index contributed by atoms with van der Waals surface area (Å²) in [5.74, 6) is -4.82. The van der Waals surface area contributed by atoms with Crippen molar-refractivity contribution < 1.29 is 34.2 Å². The number of primary amides is 1. The number of rotatable bonds is 14. The quantitative estimate of drug-likeness (QED) is 0.135. The second-order valence-corrected chi connectivity index (χ2v) is 8.24. The van der Waals surface area contributed by atoms with Gasteiger partial charge < -0.3 is 42.6 Å². The minimum Gasteiger partial charge on any atom is -0.480 e. The summed E-state index contributed by atoms with van der Waals surface area (Å²) < 4.78 is 0. The molecule has 5 unspecified atom stereocenters. The molecular formula is C20H33N7O7. The van der Waals surface area contributed by atoms with E-state index in [1.807, 2.05) is 0 Å². The number of aliphatic carboxylic acids is 1. The van der Waals surface area contributed by atoms with Crippen LogP contribution in [0, 0.1) is 5.92 Å². The number of hydrogen-bond acceptors (Lipinski definition) is 8. The first-order valence-electron chi connectivity index (χ1n) is 10.7. The average Bonchev–Trinajstić information content (AvgIpc) is 3.25. The van der Waals surface area contributed by atoms with Gasteiger partial charge in [-0.05, 0) is 19.3 Å². The average molecular weight is 484 g/mol. The summed E-state index contributed by atoms with van der Waals surface area (Å²) in [5.41, 5.74) is 11.4. The monoisotopic (exact) mass is 483 g/mol. The standard InChI is InChI=1S/C20H33N7O7/c1-9(2)15(22)18(31)27-16(10(3)28)19(32)25-12(4-5-14(21)29)17(30)26-13(20(33)34)6-11-7-23-8-24-11/h7-10,12-13,15-16,28H,4-6,22H2,1-3H3,(H2,21,29)(H,23,24)(H,25,32)(H,26,30)(H,27,31)(H,33,34). The van der Waals surface area contributed by atoms with Gasteiger partial charge in [0.2, 0.25) is 23.6 Å². The van der Waals surface area contributed by atoms with Gasteiger partial charge in [-0.2, -0.15) is 0 Å². The van der Waals surface area contributed by atoms with Crippen molar-refractivity contribution in [1.82, 2.24) is 25.9 Å². The summed E-state index contributed by atoms with van der Waals surface area (Å²) in [6.07, 6.45) is 0.746. The second kappa shape index (κ2) is 13.3. The van der Waals surface area contributed by atoms with E-state index in [4.69, 9.17) is 11.5 Å². The number of nitrogens with zero attached hydrogens (tertiary/aromatic N) is 1. The molecule has 1 heterocycles. The van der Waals surface area contributed by atoms with Gasteiger partial charge in [0.05, 0.1) is 18.5 Å². The van der Waals surface area contributed by atoms with Crippen LogP contribution in [0.5, 0.6) is 0 Å². The van der Waals surface area contributed by atoms with E-state index >= 15 is 0 Å². The predicted molar refractivity (Wildman–Crippen MR) is 119 cm³/mol. The predicted octanol–water partition coefficient (Wildman–Crippen LogP) is -2.88. The van der Waals surface area contributed by atoms with Gasteiger partial charge in [0.15, 0.2) is 0 Å². The van der Waals surface area contributed by atoms with Crippen LogP contribution in [0.3, 0.4) is 0 Å². The zero-order valence-electron chi connectivity index (χ0n) is 19.3. The second-order valence-electron chi connectivity index (χ2n) is 8.24. The lowest BCUT2D eigenvalue weighted by Crippen LogP contribution is -2.60. The highest BCUT2D eigenvalue weighted by Gasteiger charge is 2.33. The fraction of sp³-hybridized carbons (Fsp3) is 0.600. The summed E-state index contributed by atoms with van der Waals surface area (Å²) in [7, 11) is 0. The number of aliphatic hydroxyl groups excluding tert-OH is 1. The summed E-state index contributed by atoms with van der Waals surface area (Å²) in [4.78, 5) is 67.2. The van der Waals surface area contributed by atoms with Crippen molar-refractivity contribution in [3.63, 3.8) is 0 Å². The summed E-state index contributed by atoms with van der Waals surface area (Å²) in [6.45, 7) is 4.66. The molecule has 0 radical (unpaired) electrons. The number of carbonyl (C=O) groups excluding carboxylic acids is 4. The van der Waals surface area contributed by atoms with Crippen LogP contribution in [-0.2, 0) is 30.4 Å². The number of carbonyl (C=O) groups is 5. The Labute approximate surface area is 196 Å². The van der Waals surface area contributed by atoms with Gasteiger partial charge >= 0.3 is 5.97 Å². The molecule has 14 nitrogen and oxygen atoms in total. The number of aliphatic hydroxyl groups is 1. The fourth-order valence-corrected chi connectivity index (χ4v) is 2.86. The Morgan fingerprint density at radius 1 is 1.03 bits per heavy atom. The highest BCUT2D eigenvalue weighted by molar-refractivity contribution is 5.94. The lowest BCUT2D eigenvalue weighted by atomic mass is 10.0. The highest BCUT2D eigenvalue weighted by atomic mass is 16.4. The largest absolute Gasteiger partial charge is 0.480 e. The molecular weight excluding hydrogens is 450 g/mol. The van der Waals surface area contributed by atoms with Crippen LogP contribution < -0.4 is 27.4 Å². The molecule has 0 aliphatic rings. The molecule has 0 saturated carbocycles. The lowest BCUT2D eigenvalue weighted by Gasteiger charge is -2.27. The van der Waals surface area contributed by atoms with Gasteiger partial charge in [-0.1, -0.05) is 13.8 Å². The number of imidazole rings is 1. The molecule has 0 aliphatic heterocycles. The van der Waals surface area contributed by atoms with Gasteiger partial charge in [0.25, 0.3) is 0 Å². The molecule has 5 atom stereocenters. The summed E-state index contributed by atoms with van der Waals surface area (Å²) in [5, 5.41) is 26.4. The minimum absolute atomic E-state index is 0.114. The van der Waals surface area contributed by atoms with E-state index in [1.165, 1.54) is 19.4 Å². The molecule has 1 rings (SSSR count). The van der Waals surface area contributed by atoms with Crippen LogP contribution in [0.25, 0.3) is 0 Å². The Balaban J connectivity index is 2.99. The number of carboxylic acids is 1. The number of nitrogens with two attached hydrogens (primary N) is 2. The number of aromatic amines is 1. The molecule has 0 spiro atoms. The molecule has 1 aromatic heterocycles. The van der Waals surface area contributed by atoms with Crippen LogP contribution in [-0.4, -0.2) is 80.1 Å². The maximum absolute atomic E-state index is 12.8. The molecule has 4 amide bonds. The first kappa shape index (κ1) is 28.5. The number of aromatic nitrogens is 2. The van der Waals surface area contributed by atoms with E-state index in [2.05, 4.69) is 25.9 Å². The molecule has 0 saturated heterocycles. The highest BCUT2D eigenvalue weighted by Crippen LogP contribution is 2.05. The Bertz CT molecular complexity index is 857. The molecule has 0 aliphatic carbocycles. The zero-order chi connectivity index (χ0) is 26.0. The number of nitrogens with one attached hydrogen (secondary N) is 4. The molecule has 190 valence electrons. The van der Waals surface area contributed by atoms with E-state index in [0.717, 1.165) is 0 Å². The molecule has 10 N–H and O–H groups in total. The van der Waals surface area contributed by atoms with Gasteiger partial charge in [0.1, 0.15) is 18.1 Å². The van der Waals surface area contributed by atoms with E-state index in [1.54, 1.807) is 13.8 Å². The zero-order valence-corrected chi connectivity index (χ0v) is 19.3. The minimum atomic E-state index is -1.46. The van der Waals surface area contributed by atoms with Crippen LogP contribution in [0.2, 0.25) is 0 Å². The third-order valence-corrected chi connectivity index (χ3v) is 4.99. The molecule has 0 bridgehead atoms. The van der Waals surface area contributed by atoms with Crippen LogP contribution in [0.15, 0.2) is 12.5 Å². The van der Waals surface area contributed by atoms with Crippen molar-refractivity contribution in [1.29, 1.82) is 0 Å². The van der Waals surface area contributed by atoms with E-state index < -0.39 is 59.9 Å². The lowest BCUT2D eigenvalue weighted by molar-refractivity contribution is -0.142. The van der Waals surface area contributed by atoms with Gasteiger partial charge in [-0.3, -0.25) is 19.2 Å². The molecule has 34 heavy (non-hydrogen) atoms. The Morgan fingerprint density at radius 3 is 2.12 bits per heavy atom. The van der Waals surface area contributed by atoms with E-state index in [-0.39, 0.29) is 25.2 Å². The molecule has 14 heteroatoms. The maximum atomic E-state index is 12.8. The summed E-state index contributed by atoms with van der Waals surface area (Å²) >= 11 is 0. The molecule has 0 fully saturated rings. The maximum Gasteiger partial charge on any atom is 0.326 e. The van der Waals surface area contributed by atoms with Gasteiger partial charge in [-0.25, -0.2) is 9.78 Å². The van der Waals surface area contributed by atoms with Crippen molar-refractivity contribution in [2.24, 2.45) is 17.4 Å². The van der Waals surface area contributed by atoms with E-state index in [9.17, 15) is 34.2 Å². The van der Waals surface area contributed by atoms with Crippen molar-refractivity contribution in [2.45, 2.75) is 70.3 Å². The first-order valence-corrected chi connectivity index (χ1v) is 10.7. The normalized spacial score (nSPS) is 15.5. The summed E-state index contributed by atoms with van der Waals surface area (Å²) in [6, 6.07) is -5.14. The first-order chi connectivity index (χ1) is 15.8. The Hall–Kier alpha value is -3.52. The van der Waals surface area contributed by atoms with Crippen LogP contribution >= 0.6 is 0 Å². The van der Waals surface area contributed by atoms with E-state index in [0.29, 0.717) is 5.69 Å². The van der Waals surface area contributed by atoms with Crippen molar-refractivity contribution in [3.8, 4) is 0 Å². The van der Waals surface area contributed by atoms with Crippen LogP contribution in [0.4, 0.5) is 0 Å². The smallest absolute Gasteiger partial charge is 0.326 e. The Morgan fingerprint density at radius 2 is 1.65 bits per heavy atom. The van der Waals surface area contributed by atoms with Crippen molar-refractivity contribution in [2.75, 3.05) is 0 Å². The molecule has 1 aromatic rings. The number of carboxylic acid groups (broad SMARTS) is 1. The fourth-order valence-electron chi connectivity index (χ4n) is 2.86. The van der Waals surface area contributed by atoms with Crippen molar-refractivity contribution in [3.05, 3.63) is 18.2 Å². The number of amides is 4.